The SMILES string of the molecule is CC(C)Cn1ccnc1CN=C(N)N1CCC(C)CC1. The minimum atomic E-state index is 0.567. The minimum absolute atomic E-state index is 0.567. The fraction of sp³-hybridized carbons (Fsp3) is 0.733. The average molecular weight is 277 g/mol. The molecule has 5 nitrogen and oxygen atoms in total. The van der Waals surface area contributed by atoms with Crippen molar-refractivity contribution < 1.29 is 0 Å². The summed E-state index contributed by atoms with van der Waals surface area (Å²) in [5.74, 6) is 3.07. The third-order valence-electron chi connectivity index (χ3n) is 3.85. The lowest BCUT2D eigenvalue weighted by molar-refractivity contribution is 0.277. The molecule has 0 radical (unpaired) electrons. The van der Waals surface area contributed by atoms with Crippen molar-refractivity contribution in [1.82, 2.24) is 14.5 Å². The number of likely N-dealkylation sites (tertiary alicyclic amines) is 1. The van der Waals surface area contributed by atoms with Crippen LogP contribution in [-0.2, 0) is 13.1 Å². The topological polar surface area (TPSA) is 59.4 Å². The summed E-state index contributed by atoms with van der Waals surface area (Å²) in [6, 6.07) is 0. The van der Waals surface area contributed by atoms with Gasteiger partial charge in [0.1, 0.15) is 12.4 Å². The Kier molecular flexibility index (Phi) is 5.04. The maximum atomic E-state index is 6.10. The molecule has 2 rings (SSSR count). The molecule has 1 aliphatic heterocycles. The van der Waals surface area contributed by atoms with Crippen LogP contribution in [0.5, 0.6) is 0 Å². The van der Waals surface area contributed by atoms with E-state index in [4.69, 9.17) is 5.73 Å². The average Bonchev–Trinajstić information content (AvgIpc) is 2.83. The molecule has 0 amide bonds. The molecule has 0 saturated carbocycles. The quantitative estimate of drug-likeness (QED) is 0.677. The van der Waals surface area contributed by atoms with Gasteiger partial charge in [0.05, 0.1) is 0 Å². The molecule has 0 aromatic carbocycles. The fourth-order valence-corrected chi connectivity index (χ4v) is 2.54. The van der Waals surface area contributed by atoms with Gasteiger partial charge in [-0.3, -0.25) is 0 Å². The molecule has 0 bridgehead atoms. The molecule has 112 valence electrons. The van der Waals surface area contributed by atoms with Crippen molar-refractivity contribution >= 4 is 5.96 Å². The highest BCUT2D eigenvalue weighted by Crippen LogP contribution is 2.15. The number of hydrogen-bond donors (Lipinski definition) is 1. The van der Waals surface area contributed by atoms with Crippen molar-refractivity contribution in [2.45, 2.75) is 46.7 Å². The summed E-state index contributed by atoms with van der Waals surface area (Å²) in [6.45, 7) is 10.3. The summed E-state index contributed by atoms with van der Waals surface area (Å²) in [5, 5.41) is 0. The number of nitrogens with zero attached hydrogens (tertiary/aromatic N) is 4. The molecular weight excluding hydrogens is 250 g/mol. The van der Waals surface area contributed by atoms with Crippen LogP contribution in [0.15, 0.2) is 17.4 Å². The summed E-state index contributed by atoms with van der Waals surface area (Å²) in [7, 11) is 0. The van der Waals surface area contributed by atoms with Crippen LogP contribution in [0.1, 0.15) is 39.4 Å². The van der Waals surface area contributed by atoms with E-state index in [9.17, 15) is 0 Å². The zero-order valence-corrected chi connectivity index (χ0v) is 12.9. The number of guanidine groups is 1. The Balaban J connectivity index is 1.93. The lowest BCUT2D eigenvalue weighted by Gasteiger charge is -2.31. The van der Waals surface area contributed by atoms with Crippen LogP contribution in [0.25, 0.3) is 0 Å². The second-order valence-electron chi connectivity index (χ2n) is 6.23. The van der Waals surface area contributed by atoms with Crippen molar-refractivity contribution in [2.75, 3.05) is 13.1 Å². The second-order valence-corrected chi connectivity index (χ2v) is 6.23. The van der Waals surface area contributed by atoms with E-state index in [0.29, 0.717) is 18.4 Å². The van der Waals surface area contributed by atoms with E-state index in [1.54, 1.807) is 0 Å². The lowest BCUT2D eigenvalue weighted by Crippen LogP contribution is -2.42. The smallest absolute Gasteiger partial charge is 0.191 e. The van der Waals surface area contributed by atoms with Gasteiger partial charge in [0.2, 0.25) is 0 Å². The molecule has 1 aromatic heterocycles. The van der Waals surface area contributed by atoms with E-state index in [0.717, 1.165) is 31.4 Å². The van der Waals surface area contributed by atoms with Crippen LogP contribution in [0.4, 0.5) is 0 Å². The van der Waals surface area contributed by atoms with Gasteiger partial charge in [-0.15, -0.1) is 0 Å². The number of hydrogen-bond acceptors (Lipinski definition) is 2. The van der Waals surface area contributed by atoms with Gasteiger partial charge in [-0.1, -0.05) is 20.8 Å². The molecule has 0 unspecified atom stereocenters. The Morgan fingerprint density at radius 3 is 2.80 bits per heavy atom. The highest BCUT2D eigenvalue weighted by atomic mass is 15.3. The monoisotopic (exact) mass is 277 g/mol. The number of aromatic nitrogens is 2. The van der Waals surface area contributed by atoms with E-state index in [1.165, 1.54) is 12.8 Å². The predicted octanol–water partition coefficient (Wildman–Crippen LogP) is 2.09. The van der Waals surface area contributed by atoms with Crippen molar-refractivity contribution in [3.63, 3.8) is 0 Å². The number of nitrogens with two attached hydrogens (primary N) is 1. The van der Waals surface area contributed by atoms with E-state index >= 15 is 0 Å². The van der Waals surface area contributed by atoms with E-state index < -0.39 is 0 Å². The first kappa shape index (κ1) is 14.9. The van der Waals surface area contributed by atoms with Crippen LogP contribution in [0.2, 0.25) is 0 Å². The highest BCUT2D eigenvalue weighted by Gasteiger charge is 2.17. The Morgan fingerprint density at radius 2 is 2.15 bits per heavy atom. The molecule has 1 saturated heterocycles. The molecule has 5 heteroatoms. The molecule has 20 heavy (non-hydrogen) atoms. The molecular formula is C15H27N5. The third kappa shape index (κ3) is 3.99. The highest BCUT2D eigenvalue weighted by molar-refractivity contribution is 5.78. The van der Waals surface area contributed by atoms with Gasteiger partial charge >= 0.3 is 0 Å². The molecule has 1 aliphatic rings. The van der Waals surface area contributed by atoms with E-state index in [-0.39, 0.29) is 0 Å². The first-order valence-corrected chi connectivity index (χ1v) is 7.61. The Labute approximate surface area is 121 Å². The van der Waals surface area contributed by atoms with Crippen LogP contribution >= 0.6 is 0 Å². The van der Waals surface area contributed by atoms with Gasteiger partial charge in [0.25, 0.3) is 0 Å². The summed E-state index contributed by atoms with van der Waals surface area (Å²) < 4.78 is 2.17. The molecule has 1 aromatic rings. The third-order valence-corrected chi connectivity index (χ3v) is 3.85. The molecule has 2 N–H and O–H groups in total. The number of piperidine rings is 1. The number of imidazole rings is 1. The summed E-state index contributed by atoms with van der Waals surface area (Å²) in [6.07, 6.45) is 6.27. The van der Waals surface area contributed by atoms with Crippen molar-refractivity contribution in [2.24, 2.45) is 22.6 Å². The zero-order valence-electron chi connectivity index (χ0n) is 12.9. The van der Waals surface area contributed by atoms with Crippen molar-refractivity contribution in [3.8, 4) is 0 Å². The maximum absolute atomic E-state index is 6.10. The summed E-state index contributed by atoms with van der Waals surface area (Å²) in [5.41, 5.74) is 6.10. The fourth-order valence-electron chi connectivity index (χ4n) is 2.54. The van der Waals surface area contributed by atoms with Crippen LogP contribution in [0.3, 0.4) is 0 Å². The Hall–Kier alpha value is -1.52. The van der Waals surface area contributed by atoms with Crippen LogP contribution in [-0.4, -0.2) is 33.5 Å². The Bertz CT molecular complexity index is 441. The number of rotatable bonds is 4. The minimum Gasteiger partial charge on any atom is -0.370 e. The molecule has 2 heterocycles. The van der Waals surface area contributed by atoms with Gasteiger partial charge in [0.15, 0.2) is 5.96 Å². The van der Waals surface area contributed by atoms with Gasteiger partial charge in [-0.2, -0.15) is 0 Å². The van der Waals surface area contributed by atoms with Gasteiger partial charge < -0.3 is 15.2 Å². The van der Waals surface area contributed by atoms with Gasteiger partial charge in [-0.25, -0.2) is 9.98 Å². The standard InChI is InChI=1S/C15H27N5/c1-12(2)11-20-9-6-17-14(20)10-18-15(16)19-7-4-13(3)5-8-19/h6,9,12-13H,4-5,7-8,10-11H2,1-3H3,(H2,16,18). The van der Waals surface area contributed by atoms with E-state index in [2.05, 4.69) is 40.2 Å². The van der Waals surface area contributed by atoms with Crippen LogP contribution < -0.4 is 5.73 Å². The van der Waals surface area contributed by atoms with Crippen molar-refractivity contribution in [3.05, 3.63) is 18.2 Å². The first-order valence-electron chi connectivity index (χ1n) is 7.61. The zero-order chi connectivity index (χ0) is 14.5. The first-order chi connectivity index (χ1) is 9.56. The van der Waals surface area contributed by atoms with Crippen LogP contribution in [0, 0.1) is 11.8 Å². The van der Waals surface area contributed by atoms with E-state index in [1.807, 2.05) is 12.4 Å². The molecule has 0 aliphatic carbocycles. The Morgan fingerprint density at radius 1 is 1.45 bits per heavy atom. The van der Waals surface area contributed by atoms with Gasteiger partial charge in [0, 0.05) is 32.0 Å². The van der Waals surface area contributed by atoms with Gasteiger partial charge in [-0.05, 0) is 24.7 Å². The second kappa shape index (κ2) is 6.77. The molecule has 0 atom stereocenters. The largest absolute Gasteiger partial charge is 0.370 e. The maximum Gasteiger partial charge on any atom is 0.191 e. The normalized spacial score (nSPS) is 18.0. The molecule has 1 fully saturated rings. The van der Waals surface area contributed by atoms with Crippen molar-refractivity contribution in [1.29, 1.82) is 0 Å². The summed E-state index contributed by atoms with van der Waals surface area (Å²) in [4.78, 5) is 11.1. The number of aliphatic imine (C=N–C) groups is 1. The molecule has 0 spiro atoms. The predicted molar refractivity (Wildman–Crippen MR) is 82.4 cm³/mol. The lowest BCUT2D eigenvalue weighted by atomic mass is 10.00. The summed E-state index contributed by atoms with van der Waals surface area (Å²) >= 11 is 0.